The van der Waals surface area contributed by atoms with Crippen LogP contribution in [0, 0.1) is 17.8 Å². The SMILES string of the molecule is CCC1CC(NC(=O)N2C3CC(C)CC2C3)CCC1C. The van der Waals surface area contributed by atoms with Gasteiger partial charge in [-0.05, 0) is 56.3 Å². The maximum Gasteiger partial charge on any atom is 0.318 e. The molecule has 3 rings (SSSR count). The molecule has 20 heavy (non-hydrogen) atoms. The predicted molar refractivity (Wildman–Crippen MR) is 81.5 cm³/mol. The van der Waals surface area contributed by atoms with Crippen LogP contribution in [0.2, 0.25) is 0 Å². The summed E-state index contributed by atoms with van der Waals surface area (Å²) < 4.78 is 0. The van der Waals surface area contributed by atoms with Gasteiger partial charge in [-0.15, -0.1) is 0 Å². The van der Waals surface area contributed by atoms with Gasteiger partial charge in [-0.2, -0.15) is 0 Å². The van der Waals surface area contributed by atoms with Crippen molar-refractivity contribution in [2.45, 2.75) is 83.8 Å². The molecule has 3 heteroatoms. The van der Waals surface area contributed by atoms with Gasteiger partial charge in [0.2, 0.25) is 0 Å². The number of urea groups is 1. The molecule has 0 aromatic rings. The van der Waals surface area contributed by atoms with Gasteiger partial charge in [-0.3, -0.25) is 0 Å². The number of rotatable bonds is 2. The van der Waals surface area contributed by atoms with Crippen molar-refractivity contribution >= 4 is 6.03 Å². The van der Waals surface area contributed by atoms with Gasteiger partial charge in [0.1, 0.15) is 0 Å². The first kappa shape index (κ1) is 14.2. The van der Waals surface area contributed by atoms with Crippen LogP contribution in [-0.2, 0) is 0 Å². The van der Waals surface area contributed by atoms with Crippen molar-refractivity contribution in [3.05, 3.63) is 0 Å². The number of hydrogen-bond acceptors (Lipinski definition) is 1. The number of fused-ring (bicyclic) bond motifs is 2. The molecule has 0 spiro atoms. The van der Waals surface area contributed by atoms with E-state index < -0.39 is 0 Å². The third-order valence-electron chi connectivity index (χ3n) is 6.13. The molecule has 3 nitrogen and oxygen atoms in total. The molecular formula is C17H30N2O. The lowest BCUT2D eigenvalue weighted by Gasteiger charge is -2.55. The zero-order valence-corrected chi connectivity index (χ0v) is 13.3. The predicted octanol–water partition coefficient (Wildman–Crippen LogP) is 3.78. The van der Waals surface area contributed by atoms with Crippen LogP contribution in [-0.4, -0.2) is 29.1 Å². The Morgan fingerprint density at radius 3 is 2.45 bits per heavy atom. The van der Waals surface area contributed by atoms with Crippen molar-refractivity contribution < 1.29 is 4.79 Å². The molecule has 2 aliphatic heterocycles. The second kappa shape index (κ2) is 5.57. The van der Waals surface area contributed by atoms with Crippen LogP contribution in [0.5, 0.6) is 0 Å². The van der Waals surface area contributed by atoms with Gasteiger partial charge in [-0.1, -0.05) is 27.2 Å². The van der Waals surface area contributed by atoms with Crippen molar-refractivity contribution in [1.29, 1.82) is 0 Å². The average molecular weight is 278 g/mol. The third-order valence-corrected chi connectivity index (χ3v) is 6.13. The van der Waals surface area contributed by atoms with Gasteiger partial charge in [0.05, 0.1) is 0 Å². The van der Waals surface area contributed by atoms with Crippen molar-refractivity contribution in [3.8, 4) is 0 Å². The van der Waals surface area contributed by atoms with Crippen LogP contribution >= 0.6 is 0 Å². The van der Waals surface area contributed by atoms with Crippen molar-refractivity contribution in [2.24, 2.45) is 17.8 Å². The molecule has 2 saturated heterocycles. The zero-order chi connectivity index (χ0) is 14.3. The van der Waals surface area contributed by atoms with Gasteiger partial charge >= 0.3 is 6.03 Å². The van der Waals surface area contributed by atoms with Crippen molar-refractivity contribution in [2.75, 3.05) is 0 Å². The normalized spacial score (nSPS) is 43.9. The summed E-state index contributed by atoms with van der Waals surface area (Å²) in [7, 11) is 0. The number of nitrogens with zero attached hydrogens (tertiary/aromatic N) is 1. The molecule has 5 atom stereocenters. The molecule has 0 aromatic carbocycles. The first-order valence-electron chi connectivity index (χ1n) is 8.67. The number of piperidine rings is 1. The van der Waals surface area contributed by atoms with E-state index in [0.717, 1.165) is 17.8 Å². The van der Waals surface area contributed by atoms with Crippen LogP contribution in [0.15, 0.2) is 0 Å². The number of nitrogens with one attached hydrogen (secondary N) is 1. The topological polar surface area (TPSA) is 32.3 Å². The lowest BCUT2D eigenvalue weighted by atomic mass is 9.74. The molecular weight excluding hydrogens is 248 g/mol. The van der Waals surface area contributed by atoms with Gasteiger partial charge in [0.15, 0.2) is 0 Å². The van der Waals surface area contributed by atoms with E-state index in [2.05, 4.69) is 31.0 Å². The maximum absolute atomic E-state index is 12.5. The molecule has 0 radical (unpaired) electrons. The summed E-state index contributed by atoms with van der Waals surface area (Å²) >= 11 is 0. The van der Waals surface area contributed by atoms with Crippen LogP contribution in [0.1, 0.15) is 65.7 Å². The van der Waals surface area contributed by atoms with Gasteiger partial charge in [-0.25, -0.2) is 4.79 Å². The fourth-order valence-electron chi connectivity index (χ4n) is 4.84. The van der Waals surface area contributed by atoms with E-state index in [1.165, 1.54) is 44.9 Å². The van der Waals surface area contributed by atoms with E-state index in [9.17, 15) is 4.79 Å². The average Bonchev–Trinajstić information content (AvgIpc) is 2.40. The summed E-state index contributed by atoms with van der Waals surface area (Å²) in [4.78, 5) is 14.7. The highest BCUT2D eigenvalue weighted by molar-refractivity contribution is 5.76. The van der Waals surface area contributed by atoms with E-state index >= 15 is 0 Å². The standard InChI is InChI=1S/C17H30N2O/c1-4-13-9-14(6-5-12(13)3)18-17(20)19-15-7-11(2)8-16(19)10-15/h11-16H,4-10H2,1-3H3,(H,18,20). The highest BCUT2D eigenvalue weighted by Gasteiger charge is 2.47. The van der Waals surface area contributed by atoms with Crippen molar-refractivity contribution in [1.82, 2.24) is 10.2 Å². The lowest BCUT2D eigenvalue weighted by Crippen LogP contribution is -2.65. The number of carbonyl (C=O) groups excluding carboxylic acids is 1. The fraction of sp³-hybridized carbons (Fsp3) is 0.941. The summed E-state index contributed by atoms with van der Waals surface area (Å²) in [6.07, 6.45) is 8.54. The molecule has 5 unspecified atom stereocenters. The molecule has 3 aliphatic rings. The molecule has 1 N–H and O–H groups in total. The Bertz CT molecular complexity index is 358. The van der Waals surface area contributed by atoms with Crippen molar-refractivity contribution in [3.63, 3.8) is 0 Å². The summed E-state index contributed by atoms with van der Waals surface area (Å²) in [6, 6.07) is 1.72. The first-order valence-corrected chi connectivity index (χ1v) is 8.67. The molecule has 3 fully saturated rings. The first-order chi connectivity index (χ1) is 9.58. The molecule has 2 amide bonds. The summed E-state index contributed by atoms with van der Waals surface area (Å²) in [5.41, 5.74) is 0. The smallest absolute Gasteiger partial charge is 0.318 e. The number of carbonyl (C=O) groups is 1. The largest absolute Gasteiger partial charge is 0.335 e. The van der Waals surface area contributed by atoms with E-state index in [1.54, 1.807) is 0 Å². The fourth-order valence-corrected chi connectivity index (χ4v) is 4.84. The van der Waals surface area contributed by atoms with Crippen LogP contribution in [0.25, 0.3) is 0 Å². The van der Waals surface area contributed by atoms with Crippen LogP contribution in [0.4, 0.5) is 4.79 Å². The maximum atomic E-state index is 12.5. The Kier molecular flexibility index (Phi) is 3.96. The Balaban J connectivity index is 1.52. The third kappa shape index (κ3) is 2.56. The second-order valence-corrected chi connectivity index (χ2v) is 7.63. The van der Waals surface area contributed by atoms with Crippen LogP contribution in [0.3, 0.4) is 0 Å². The quantitative estimate of drug-likeness (QED) is 0.819. The minimum absolute atomic E-state index is 0.229. The molecule has 1 saturated carbocycles. The second-order valence-electron chi connectivity index (χ2n) is 7.63. The molecule has 0 aromatic heterocycles. The van der Waals surface area contributed by atoms with Gasteiger partial charge in [0, 0.05) is 18.1 Å². The summed E-state index contributed by atoms with van der Waals surface area (Å²) in [5, 5.41) is 3.34. The summed E-state index contributed by atoms with van der Waals surface area (Å²) in [6.45, 7) is 6.97. The van der Waals surface area contributed by atoms with Gasteiger partial charge < -0.3 is 10.2 Å². The molecule has 2 bridgehead atoms. The minimum Gasteiger partial charge on any atom is -0.335 e. The molecule has 1 aliphatic carbocycles. The van der Waals surface area contributed by atoms with E-state index in [1.807, 2.05) is 0 Å². The Hall–Kier alpha value is -0.730. The Morgan fingerprint density at radius 1 is 1.10 bits per heavy atom. The van der Waals surface area contributed by atoms with Gasteiger partial charge in [0.25, 0.3) is 0 Å². The zero-order valence-electron chi connectivity index (χ0n) is 13.3. The highest BCUT2D eigenvalue weighted by Crippen LogP contribution is 2.41. The van der Waals surface area contributed by atoms with Crippen LogP contribution < -0.4 is 5.32 Å². The lowest BCUT2D eigenvalue weighted by molar-refractivity contribution is -0.0130. The van der Waals surface area contributed by atoms with E-state index in [4.69, 9.17) is 0 Å². The Morgan fingerprint density at radius 2 is 1.80 bits per heavy atom. The summed E-state index contributed by atoms with van der Waals surface area (Å²) in [5.74, 6) is 2.44. The Labute approximate surface area is 123 Å². The number of hydrogen-bond donors (Lipinski definition) is 1. The highest BCUT2D eigenvalue weighted by atomic mass is 16.2. The monoisotopic (exact) mass is 278 g/mol. The molecule has 114 valence electrons. The minimum atomic E-state index is 0.229. The molecule has 2 heterocycles. The van der Waals surface area contributed by atoms with E-state index in [-0.39, 0.29) is 6.03 Å². The number of amides is 2. The van der Waals surface area contributed by atoms with E-state index in [0.29, 0.717) is 18.1 Å².